The Balaban J connectivity index is 1.83. The number of sulfonamides is 1. The fraction of sp³-hybridized carbons (Fsp3) is 0.538. The molecule has 1 heterocycles. The molecular weight excluding hydrogens is 266 g/mol. The average Bonchev–Trinajstić information content (AvgIpc) is 2.85. The Morgan fingerprint density at radius 2 is 1.95 bits per heavy atom. The van der Waals surface area contributed by atoms with Crippen LogP contribution < -0.4 is 4.72 Å². The first-order valence-electron chi connectivity index (χ1n) is 6.32. The lowest BCUT2D eigenvalue weighted by molar-refractivity contribution is -0.0451. The van der Waals surface area contributed by atoms with Crippen LogP contribution in [0.3, 0.4) is 0 Å². The number of hydrogen-bond donors (Lipinski definition) is 1. The van der Waals surface area contributed by atoms with Crippen LogP contribution in [0.15, 0.2) is 24.3 Å². The molecule has 0 spiro atoms. The van der Waals surface area contributed by atoms with Gasteiger partial charge in [-0.15, -0.1) is 0 Å². The van der Waals surface area contributed by atoms with Gasteiger partial charge in [0, 0.05) is 13.0 Å². The molecule has 0 radical (unpaired) electrons. The Labute approximate surface area is 114 Å². The number of benzene rings is 1. The standard InChI is InChI=1S/C13H19NO4S/c1-11-4-2-3-5-12(11)10-19(15,16)14-7-6-13-17-8-9-18-13/h2-5,13-14H,6-10H2,1H3. The van der Waals surface area contributed by atoms with E-state index in [9.17, 15) is 8.42 Å². The van der Waals surface area contributed by atoms with Crippen LogP contribution in [-0.4, -0.2) is 34.5 Å². The topological polar surface area (TPSA) is 64.6 Å². The van der Waals surface area contributed by atoms with Crippen LogP contribution in [0, 0.1) is 6.92 Å². The fourth-order valence-corrected chi connectivity index (χ4v) is 3.20. The third-order valence-electron chi connectivity index (χ3n) is 3.00. The zero-order valence-electron chi connectivity index (χ0n) is 11.0. The van der Waals surface area contributed by atoms with Gasteiger partial charge in [-0.05, 0) is 18.1 Å². The lowest BCUT2D eigenvalue weighted by Gasteiger charge is -2.11. The number of nitrogens with one attached hydrogen (secondary N) is 1. The molecule has 19 heavy (non-hydrogen) atoms. The maximum Gasteiger partial charge on any atom is 0.215 e. The molecule has 1 aromatic carbocycles. The first kappa shape index (κ1) is 14.5. The maximum atomic E-state index is 11.9. The van der Waals surface area contributed by atoms with Crippen molar-refractivity contribution in [3.8, 4) is 0 Å². The number of rotatable bonds is 6. The van der Waals surface area contributed by atoms with Crippen molar-refractivity contribution < 1.29 is 17.9 Å². The molecule has 0 unspecified atom stereocenters. The van der Waals surface area contributed by atoms with Gasteiger partial charge >= 0.3 is 0 Å². The van der Waals surface area contributed by atoms with Gasteiger partial charge < -0.3 is 9.47 Å². The van der Waals surface area contributed by atoms with Crippen LogP contribution in [0.1, 0.15) is 17.5 Å². The Morgan fingerprint density at radius 1 is 1.26 bits per heavy atom. The quantitative estimate of drug-likeness (QED) is 0.852. The van der Waals surface area contributed by atoms with Crippen molar-refractivity contribution in [1.29, 1.82) is 0 Å². The minimum atomic E-state index is -3.31. The van der Waals surface area contributed by atoms with Gasteiger partial charge in [0.1, 0.15) is 0 Å². The minimum absolute atomic E-state index is 0.00601. The molecule has 2 rings (SSSR count). The van der Waals surface area contributed by atoms with Crippen molar-refractivity contribution in [2.45, 2.75) is 25.4 Å². The summed E-state index contributed by atoms with van der Waals surface area (Å²) in [6.07, 6.45) is 0.258. The highest BCUT2D eigenvalue weighted by Crippen LogP contribution is 2.11. The molecule has 0 atom stereocenters. The molecule has 0 bridgehead atoms. The molecule has 1 saturated heterocycles. The van der Waals surface area contributed by atoms with Crippen LogP contribution in [0.2, 0.25) is 0 Å². The molecule has 0 saturated carbocycles. The van der Waals surface area contributed by atoms with Crippen molar-refractivity contribution in [3.05, 3.63) is 35.4 Å². The van der Waals surface area contributed by atoms with E-state index in [1.165, 1.54) is 0 Å². The van der Waals surface area contributed by atoms with E-state index >= 15 is 0 Å². The zero-order valence-corrected chi connectivity index (χ0v) is 11.8. The van der Waals surface area contributed by atoms with Gasteiger partial charge in [0.15, 0.2) is 6.29 Å². The highest BCUT2D eigenvalue weighted by molar-refractivity contribution is 7.88. The normalized spacial score (nSPS) is 16.9. The van der Waals surface area contributed by atoms with E-state index in [2.05, 4.69) is 4.72 Å². The highest BCUT2D eigenvalue weighted by Gasteiger charge is 2.17. The predicted octanol–water partition coefficient (Wildman–Crippen LogP) is 1.18. The monoisotopic (exact) mass is 285 g/mol. The molecule has 1 aliphatic rings. The van der Waals surface area contributed by atoms with E-state index in [-0.39, 0.29) is 12.0 Å². The van der Waals surface area contributed by atoms with Crippen molar-refractivity contribution in [2.75, 3.05) is 19.8 Å². The van der Waals surface area contributed by atoms with E-state index in [4.69, 9.17) is 9.47 Å². The van der Waals surface area contributed by atoms with Crippen LogP contribution >= 0.6 is 0 Å². The van der Waals surface area contributed by atoms with Gasteiger partial charge in [0.05, 0.1) is 19.0 Å². The summed E-state index contributed by atoms with van der Waals surface area (Å²) in [4.78, 5) is 0. The summed E-state index contributed by atoms with van der Waals surface area (Å²) in [5.41, 5.74) is 1.80. The van der Waals surface area contributed by atoms with E-state index in [0.717, 1.165) is 11.1 Å². The van der Waals surface area contributed by atoms with Crippen molar-refractivity contribution in [3.63, 3.8) is 0 Å². The molecule has 1 fully saturated rings. The Bertz CT molecular complexity index is 509. The Hall–Kier alpha value is -0.950. The molecule has 0 amide bonds. The van der Waals surface area contributed by atoms with Gasteiger partial charge in [-0.1, -0.05) is 24.3 Å². The van der Waals surface area contributed by atoms with Crippen LogP contribution in [0.25, 0.3) is 0 Å². The van der Waals surface area contributed by atoms with Crippen LogP contribution in [0.5, 0.6) is 0 Å². The zero-order chi connectivity index (χ0) is 13.7. The predicted molar refractivity (Wildman–Crippen MR) is 72.1 cm³/mol. The third-order valence-corrected chi connectivity index (χ3v) is 4.33. The average molecular weight is 285 g/mol. The van der Waals surface area contributed by atoms with Gasteiger partial charge in [-0.25, -0.2) is 13.1 Å². The first-order valence-corrected chi connectivity index (χ1v) is 7.97. The molecule has 1 aromatic rings. The number of hydrogen-bond acceptors (Lipinski definition) is 4. The van der Waals surface area contributed by atoms with Crippen LogP contribution in [0.4, 0.5) is 0 Å². The van der Waals surface area contributed by atoms with E-state index in [0.29, 0.717) is 26.2 Å². The van der Waals surface area contributed by atoms with Gasteiger partial charge in [-0.3, -0.25) is 0 Å². The number of ether oxygens (including phenoxy) is 2. The summed E-state index contributed by atoms with van der Waals surface area (Å²) >= 11 is 0. The molecule has 106 valence electrons. The molecule has 5 nitrogen and oxygen atoms in total. The van der Waals surface area contributed by atoms with Crippen molar-refractivity contribution >= 4 is 10.0 Å². The minimum Gasteiger partial charge on any atom is -0.350 e. The highest BCUT2D eigenvalue weighted by atomic mass is 32.2. The molecule has 0 aromatic heterocycles. The summed E-state index contributed by atoms with van der Waals surface area (Å²) < 4.78 is 36.9. The third kappa shape index (κ3) is 4.58. The lowest BCUT2D eigenvalue weighted by atomic mass is 10.1. The van der Waals surface area contributed by atoms with Crippen molar-refractivity contribution in [2.24, 2.45) is 0 Å². The maximum absolute atomic E-state index is 11.9. The second-order valence-electron chi connectivity index (χ2n) is 4.54. The van der Waals surface area contributed by atoms with E-state index < -0.39 is 10.0 Å². The summed E-state index contributed by atoms with van der Waals surface area (Å²) in [5.74, 6) is 0.00601. The van der Waals surface area contributed by atoms with E-state index in [1.54, 1.807) is 0 Å². The molecule has 6 heteroatoms. The number of aryl methyl sites for hydroxylation is 1. The molecule has 1 N–H and O–H groups in total. The second-order valence-corrected chi connectivity index (χ2v) is 6.35. The summed E-state index contributed by atoms with van der Waals surface area (Å²) in [5, 5.41) is 0. The summed E-state index contributed by atoms with van der Waals surface area (Å²) in [6, 6.07) is 7.48. The van der Waals surface area contributed by atoms with Gasteiger partial charge in [0.2, 0.25) is 10.0 Å². The molecular formula is C13H19NO4S. The largest absolute Gasteiger partial charge is 0.350 e. The smallest absolute Gasteiger partial charge is 0.215 e. The van der Waals surface area contributed by atoms with E-state index in [1.807, 2.05) is 31.2 Å². The summed E-state index contributed by atoms with van der Waals surface area (Å²) in [7, 11) is -3.31. The van der Waals surface area contributed by atoms with Gasteiger partial charge in [-0.2, -0.15) is 0 Å². The Morgan fingerprint density at radius 3 is 2.63 bits per heavy atom. The fourth-order valence-electron chi connectivity index (χ4n) is 1.93. The van der Waals surface area contributed by atoms with Crippen molar-refractivity contribution in [1.82, 2.24) is 4.72 Å². The second kappa shape index (κ2) is 6.47. The SMILES string of the molecule is Cc1ccccc1CS(=O)(=O)NCCC1OCCO1. The first-order chi connectivity index (χ1) is 9.07. The van der Waals surface area contributed by atoms with Crippen LogP contribution in [-0.2, 0) is 25.2 Å². The molecule has 0 aliphatic carbocycles. The Kier molecular flexibility index (Phi) is 4.93. The molecule has 1 aliphatic heterocycles. The lowest BCUT2D eigenvalue weighted by Crippen LogP contribution is -2.28. The van der Waals surface area contributed by atoms with Gasteiger partial charge in [0.25, 0.3) is 0 Å². The summed E-state index contributed by atoms with van der Waals surface area (Å²) in [6.45, 7) is 3.41.